The Morgan fingerprint density at radius 3 is 2.62 bits per heavy atom. The molecule has 1 aliphatic heterocycles. The number of pyridine rings is 2. The summed E-state index contributed by atoms with van der Waals surface area (Å²) in [5, 5.41) is 10.6. The van der Waals surface area contributed by atoms with E-state index in [2.05, 4.69) is 11.9 Å². The van der Waals surface area contributed by atoms with Crippen molar-refractivity contribution in [3.8, 4) is 0 Å². The van der Waals surface area contributed by atoms with Crippen molar-refractivity contribution in [2.45, 2.75) is 58.5 Å². The van der Waals surface area contributed by atoms with Crippen LogP contribution in [0.4, 0.5) is 8.78 Å². The van der Waals surface area contributed by atoms with E-state index < -0.39 is 30.8 Å². The quantitative estimate of drug-likeness (QED) is 0.323. The highest BCUT2D eigenvalue weighted by Gasteiger charge is 2.43. The molecule has 1 unspecified atom stereocenters. The number of allylic oxidation sites excluding steroid dienone is 1. The molecule has 0 bridgehead atoms. The van der Waals surface area contributed by atoms with Gasteiger partial charge in [-0.25, -0.2) is 14.6 Å². The highest BCUT2D eigenvalue weighted by molar-refractivity contribution is 5.70. The molecule has 0 amide bonds. The molecule has 3 heterocycles. The van der Waals surface area contributed by atoms with Crippen molar-refractivity contribution in [3.63, 3.8) is 0 Å². The number of alkyl halides is 2. The summed E-state index contributed by atoms with van der Waals surface area (Å²) in [5.74, 6) is 0.673. The zero-order valence-electron chi connectivity index (χ0n) is 21.6. The largest absolute Gasteiger partial charge is 0.481 e. The highest BCUT2D eigenvalue weighted by Crippen LogP contribution is 2.32. The van der Waals surface area contributed by atoms with E-state index in [-0.39, 0.29) is 25.2 Å². The summed E-state index contributed by atoms with van der Waals surface area (Å²) >= 11 is 0. The molecule has 1 aliphatic rings. The number of nitrogens with two attached hydrogens (primary N) is 2. The number of halogens is 2. The topological polar surface area (TPSA) is 131 Å². The van der Waals surface area contributed by atoms with Gasteiger partial charge in [-0.1, -0.05) is 32.4 Å². The Morgan fingerprint density at radius 1 is 1.27 bits per heavy atom. The molecule has 0 aromatic carbocycles. The first-order chi connectivity index (χ1) is 17.4. The van der Waals surface area contributed by atoms with E-state index in [4.69, 9.17) is 11.6 Å². The Balaban J connectivity index is 1.90. The van der Waals surface area contributed by atoms with Crippen molar-refractivity contribution in [3.05, 3.63) is 69.0 Å². The van der Waals surface area contributed by atoms with Crippen LogP contribution >= 0.6 is 0 Å². The maximum Gasteiger partial charge on any atom is 0.308 e. The first kappa shape index (κ1) is 28.3. The molecule has 5 N–H and O–H groups in total. The van der Waals surface area contributed by atoms with Gasteiger partial charge in [-0.05, 0) is 30.0 Å². The van der Waals surface area contributed by atoms with Crippen molar-refractivity contribution in [1.29, 1.82) is 0 Å². The van der Waals surface area contributed by atoms with Crippen LogP contribution in [0.3, 0.4) is 0 Å². The zero-order chi connectivity index (χ0) is 27.3. The molecule has 2 aromatic rings. The fourth-order valence-corrected chi connectivity index (χ4v) is 4.69. The van der Waals surface area contributed by atoms with Crippen LogP contribution in [0.1, 0.15) is 49.2 Å². The molecular weight excluding hydrogens is 482 g/mol. The molecule has 0 saturated carbocycles. The first-order valence-corrected chi connectivity index (χ1v) is 12.4. The van der Waals surface area contributed by atoms with E-state index in [0.29, 0.717) is 29.2 Å². The number of carbonyl (C=O) groups is 1. The Labute approximate surface area is 215 Å². The third-order valence-corrected chi connectivity index (χ3v) is 6.54. The summed E-state index contributed by atoms with van der Waals surface area (Å²) in [7, 11) is 1.63. The second-order valence-electron chi connectivity index (χ2n) is 9.65. The van der Waals surface area contributed by atoms with E-state index in [1.807, 2.05) is 13.0 Å². The number of nitrogens with zero attached hydrogens (tertiary/aromatic N) is 4. The van der Waals surface area contributed by atoms with Crippen LogP contribution in [0.5, 0.6) is 0 Å². The highest BCUT2D eigenvalue weighted by atomic mass is 19.3. The molecule has 1 saturated heterocycles. The number of aryl methyl sites for hydroxylation is 2. The maximum atomic E-state index is 14.2. The normalized spacial score (nSPS) is 18.4. The van der Waals surface area contributed by atoms with Gasteiger partial charge in [0.25, 0.3) is 11.5 Å². The summed E-state index contributed by atoms with van der Waals surface area (Å²) in [6.07, 6.45) is 3.46. The van der Waals surface area contributed by atoms with Crippen LogP contribution in [0.2, 0.25) is 0 Å². The van der Waals surface area contributed by atoms with Gasteiger partial charge in [0, 0.05) is 44.5 Å². The lowest BCUT2D eigenvalue weighted by Crippen LogP contribution is -2.48. The van der Waals surface area contributed by atoms with E-state index in [9.17, 15) is 23.5 Å². The van der Waals surface area contributed by atoms with Crippen molar-refractivity contribution in [2.24, 2.45) is 17.5 Å². The smallest absolute Gasteiger partial charge is 0.308 e. The minimum absolute atomic E-state index is 0.0475. The van der Waals surface area contributed by atoms with Gasteiger partial charge in [-0.2, -0.15) is 0 Å². The summed E-state index contributed by atoms with van der Waals surface area (Å²) in [5.41, 5.74) is 9.99. The summed E-state index contributed by atoms with van der Waals surface area (Å²) in [6.45, 7) is 3.81. The van der Waals surface area contributed by atoms with Crippen molar-refractivity contribution < 1.29 is 18.7 Å². The Morgan fingerprint density at radius 2 is 2.00 bits per heavy atom. The molecule has 0 spiro atoms. The maximum absolute atomic E-state index is 14.2. The third-order valence-electron chi connectivity index (χ3n) is 6.54. The van der Waals surface area contributed by atoms with Crippen LogP contribution in [-0.4, -0.2) is 56.6 Å². The number of hydrogen-bond acceptors (Lipinski definition) is 7. The Bertz CT molecular complexity index is 1210. The number of hydrazine groups is 1. The number of hydrogen-bond donors (Lipinski definition) is 3. The van der Waals surface area contributed by atoms with Gasteiger partial charge in [-0.3, -0.25) is 19.5 Å². The minimum atomic E-state index is -3.07. The van der Waals surface area contributed by atoms with Crippen molar-refractivity contribution in [1.82, 2.24) is 19.5 Å². The standard InChI is InChI=1S/C26H36F2N6O3/c1-4-6-17-7-10-23(35)34(12-17)15-22(32(3)30)24(29)21-9-8-18(20(5-2)31-21)13-33-14-19(25(36)37)11-26(27,28)16-33/h7-10,12,19H,4-6,11,13-16,29-30H2,1-3H3,(H,36,37)/b24-22-. The molecular formula is C26H36F2N6O3. The SMILES string of the molecule is CCCc1ccc(=O)n(C/C(=C(/N)c2ccc(CN3CC(C(=O)O)CC(F)(F)C3)c(CC)n2)N(C)N)c1. The number of piperidine rings is 1. The molecule has 1 atom stereocenters. The summed E-state index contributed by atoms with van der Waals surface area (Å²) < 4.78 is 29.9. The molecule has 0 radical (unpaired) electrons. The van der Waals surface area contributed by atoms with E-state index in [1.165, 1.54) is 16.0 Å². The number of likely N-dealkylation sites (N-methyl/N-ethyl adjacent to an activating group) is 1. The third kappa shape index (κ3) is 7.14. The average molecular weight is 519 g/mol. The lowest BCUT2D eigenvalue weighted by molar-refractivity contribution is -0.153. The van der Waals surface area contributed by atoms with E-state index in [1.54, 1.807) is 29.9 Å². The number of aromatic nitrogens is 2. The van der Waals surface area contributed by atoms with Crippen LogP contribution in [-0.2, 0) is 30.7 Å². The molecule has 3 rings (SSSR count). The molecule has 202 valence electrons. The fraction of sp³-hybridized carbons (Fsp3) is 0.500. The van der Waals surface area contributed by atoms with Crippen molar-refractivity contribution in [2.75, 3.05) is 20.1 Å². The zero-order valence-corrected chi connectivity index (χ0v) is 21.6. The number of aliphatic carboxylic acids is 1. The second-order valence-corrected chi connectivity index (χ2v) is 9.65. The predicted molar refractivity (Wildman–Crippen MR) is 137 cm³/mol. The Kier molecular flexibility index (Phi) is 9.03. The van der Waals surface area contributed by atoms with Gasteiger partial charge in [0.1, 0.15) is 0 Å². The molecule has 0 aliphatic carbocycles. The lowest BCUT2D eigenvalue weighted by atomic mass is 9.94. The van der Waals surface area contributed by atoms with Crippen LogP contribution < -0.4 is 17.1 Å². The van der Waals surface area contributed by atoms with Gasteiger partial charge in [0.05, 0.1) is 36.1 Å². The average Bonchev–Trinajstić information content (AvgIpc) is 2.83. The predicted octanol–water partition coefficient (Wildman–Crippen LogP) is 2.43. The van der Waals surface area contributed by atoms with E-state index in [0.717, 1.165) is 24.0 Å². The Hall–Kier alpha value is -3.31. The first-order valence-electron chi connectivity index (χ1n) is 12.4. The van der Waals surface area contributed by atoms with Crippen LogP contribution in [0, 0.1) is 5.92 Å². The molecule has 9 nitrogen and oxygen atoms in total. The molecule has 2 aromatic heterocycles. The van der Waals surface area contributed by atoms with Gasteiger partial charge in [-0.15, -0.1) is 0 Å². The minimum Gasteiger partial charge on any atom is -0.481 e. The number of likely N-dealkylation sites (tertiary alicyclic amines) is 1. The van der Waals surface area contributed by atoms with E-state index >= 15 is 0 Å². The lowest BCUT2D eigenvalue weighted by Gasteiger charge is -2.36. The van der Waals surface area contributed by atoms with Gasteiger partial charge < -0.3 is 20.4 Å². The van der Waals surface area contributed by atoms with Gasteiger partial charge >= 0.3 is 5.97 Å². The van der Waals surface area contributed by atoms with Crippen molar-refractivity contribution >= 4 is 11.7 Å². The molecule has 11 heteroatoms. The van der Waals surface area contributed by atoms with Gasteiger partial charge in [0.2, 0.25) is 0 Å². The number of carboxylic acids is 1. The molecule has 37 heavy (non-hydrogen) atoms. The number of carboxylic acid groups (broad SMARTS) is 1. The fourth-order valence-electron chi connectivity index (χ4n) is 4.69. The van der Waals surface area contributed by atoms with Crippen LogP contribution in [0.15, 0.2) is 41.0 Å². The monoisotopic (exact) mass is 518 g/mol. The molecule has 1 fully saturated rings. The summed E-state index contributed by atoms with van der Waals surface area (Å²) in [6, 6.07) is 6.81. The summed E-state index contributed by atoms with van der Waals surface area (Å²) in [4.78, 5) is 30.0. The number of rotatable bonds is 10. The van der Waals surface area contributed by atoms with Gasteiger partial charge in [0.15, 0.2) is 0 Å². The second kappa shape index (κ2) is 11.8. The van der Waals surface area contributed by atoms with Crippen LogP contribution in [0.25, 0.3) is 5.70 Å².